The van der Waals surface area contributed by atoms with Crippen LogP contribution in [-0.2, 0) is 4.74 Å². The van der Waals surface area contributed by atoms with Crippen molar-refractivity contribution in [2.75, 3.05) is 13.2 Å². The zero-order chi connectivity index (χ0) is 10.7. The van der Waals surface area contributed by atoms with Gasteiger partial charge in [0.05, 0.1) is 12.2 Å². The van der Waals surface area contributed by atoms with Gasteiger partial charge in [-0.15, -0.1) is 0 Å². The Morgan fingerprint density at radius 3 is 2.20 bits per heavy atom. The van der Waals surface area contributed by atoms with Crippen molar-refractivity contribution in [1.82, 2.24) is 0 Å². The molecule has 2 rings (SSSR count). The molecule has 0 aromatic rings. The topological polar surface area (TPSA) is 29.5 Å². The predicted molar refractivity (Wildman–Crippen MR) is 60.7 cm³/mol. The van der Waals surface area contributed by atoms with Crippen molar-refractivity contribution in [3.63, 3.8) is 0 Å². The Bertz CT molecular complexity index is 187. The first-order chi connectivity index (χ1) is 7.21. The van der Waals surface area contributed by atoms with Crippen molar-refractivity contribution in [3.05, 3.63) is 0 Å². The molecule has 0 radical (unpaired) electrons. The number of hydrogen-bond donors (Lipinski definition) is 1. The van der Waals surface area contributed by atoms with Crippen LogP contribution in [0.1, 0.15) is 51.9 Å². The molecule has 1 aliphatic carbocycles. The van der Waals surface area contributed by atoms with E-state index in [9.17, 15) is 5.11 Å². The minimum atomic E-state index is -0.485. The average Bonchev–Trinajstić information content (AvgIpc) is 2.61. The molecular weight excluding hydrogens is 188 g/mol. The summed E-state index contributed by atoms with van der Waals surface area (Å²) in [6, 6.07) is 0. The van der Waals surface area contributed by atoms with Gasteiger partial charge in [0.15, 0.2) is 0 Å². The molecule has 0 spiro atoms. The van der Waals surface area contributed by atoms with E-state index in [0.29, 0.717) is 11.8 Å². The van der Waals surface area contributed by atoms with Crippen LogP contribution in [-0.4, -0.2) is 23.9 Å². The standard InChI is InChI=1S/C13H24O2/c1-13(14,12-8-9-15-10-12)11-6-4-2-3-5-7-11/h11-12,14H,2-10H2,1H3. The summed E-state index contributed by atoms with van der Waals surface area (Å²) >= 11 is 0. The molecule has 1 N–H and O–H groups in total. The lowest BCUT2D eigenvalue weighted by Crippen LogP contribution is -2.42. The van der Waals surface area contributed by atoms with E-state index < -0.39 is 5.60 Å². The Kier molecular flexibility index (Phi) is 3.68. The molecule has 2 fully saturated rings. The van der Waals surface area contributed by atoms with Gasteiger partial charge in [-0.3, -0.25) is 0 Å². The summed E-state index contributed by atoms with van der Waals surface area (Å²) in [6.45, 7) is 3.65. The van der Waals surface area contributed by atoms with E-state index in [4.69, 9.17) is 4.74 Å². The Morgan fingerprint density at radius 1 is 1.00 bits per heavy atom. The highest BCUT2D eigenvalue weighted by atomic mass is 16.5. The van der Waals surface area contributed by atoms with Crippen LogP contribution in [0.4, 0.5) is 0 Å². The third-order valence-corrected chi connectivity index (χ3v) is 4.44. The second kappa shape index (κ2) is 4.84. The lowest BCUT2D eigenvalue weighted by molar-refractivity contribution is -0.0604. The van der Waals surface area contributed by atoms with E-state index in [1.807, 2.05) is 6.92 Å². The molecule has 0 aromatic heterocycles. The highest BCUT2D eigenvalue weighted by Crippen LogP contribution is 2.39. The van der Waals surface area contributed by atoms with Gasteiger partial charge in [-0.2, -0.15) is 0 Å². The van der Waals surface area contributed by atoms with E-state index in [2.05, 4.69) is 0 Å². The SMILES string of the molecule is CC(O)(C1CCCCCC1)C1CCOC1. The highest BCUT2D eigenvalue weighted by Gasteiger charge is 2.40. The van der Waals surface area contributed by atoms with E-state index in [0.717, 1.165) is 19.6 Å². The van der Waals surface area contributed by atoms with Crippen LogP contribution in [0, 0.1) is 11.8 Å². The molecule has 1 heterocycles. The third-order valence-electron chi connectivity index (χ3n) is 4.44. The van der Waals surface area contributed by atoms with Crippen LogP contribution in [0.15, 0.2) is 0 Å². The van der Waals surface area contributed by atoms with Gasteiger partial charge in [-0.05, 0) is 32.1 Å². The number of rotatable bonds is 2. The fourth-order valence-electron chi connectivity index (χ4n) is 3.19. The Morgan fingerprint density at radius 2 is 1.67 bits per heavy atom. The van der Waals surface area contributed by atoms with Gasteiger partial charge in [-0.25, -0.2) is 0 Å². The molecule has 15 heavy (non-hydrogen) atoms. The van der Waals surface area contributed by atoms with Gasteiger partial charge < -0.3 is 9.84 Å². The summed E-state index contributed by atoms with van der Waals surface area (Å²) in [5, 5.41) is 10.7. The number of aliphatic hydroxyl groups is 1. The maximum atomic E-state index is 10.7. The molecule has 88 valence electrons. The van der Waals surface area contributed by atoms with Gasteiger partial charge in [-0.1, -0.05) is 25.7 Å². The highest BCUT2D eigenvalue weighted by molar-refractivity contribution is 4.91. The quantitative estimate of drug-likeness (QED) is 0.713. The lowest BCUT2D eigenvalue weighted by atomic mass is 9.74. The summed E-state index contributed by atoms with van der Waals surface area (Å²) in [5.74, 6) is 0.882. The molecule has 1 saturated heterocycles. The van der Waals surface area contributed by atoms with Crippen LogP contribution < -0.4 is 0 Å². The molecule has 1 saturated carbocycles. The molecule has 2 aliphatic rings. The molecular formula is C13H24O2. The molecule has 0 amide bonds. The van der Waals surface area contributed by atoms with Gasteiger partial charge in [0.2, 0.25) is 0 Å². The fraction of sp³-hybridized carbons (Fsp3) is 1.00. The Labute approximate surface area is 93.0 Å². The predicted octanol–water partition coefficient (Wildman–Crippen LogP) is 2.74. The summed E-state index contributed by atoms with van der Waals surface area (Å²) in [7, 11) is 0. The molecule has 2 unspecified atom stereocenters. The number of ether oxygens (including phenoxy) is 1. The van der Waals surface area contributed by atoms with Gasteiger partial charge in [0.1, 0.15) is 0 Å². The summed E-state index contributed by atoms with van der Waals surface area (Å²) < 4.78 is 5.41. The van der Waals surface area contributed by atoms with Crippen molar-refractivity contribution in [3.8, 4) is 0 Å². The Balaban J connectivity index is 1.98. The smallest absolute Gasteiger partial charge is 0.0698 e. The van der Waals surface area contributed by atoms with Crippen LogP contribution in [0.3, 0.4) is 0 Å². The normalized spacial score (nSPS) is 33.6. The first-order valence-corrected chi connectivity index (χ1v) is 6.51. The summed E-state index contributed by atoms with van der Waals surface area (Å²) in [6.07, 6.45) is 8.78. The third kappa shape index (κ3) is 2.54. The van der Waals surface area contributed by atoms with Gasteiger partial charge >= 0.3 is 0 Å². The molecule has 1 aliphatic heterocycles. The second-order valence-corrected chi connectivity index (χ2v) is 5.47. The maximum absolute atomic E-state index is 10.7. The van der Waals surface area contributed by atoms with E-state index in [1.54, 1.807) is 0 Å². The van der Waals surface area contributed by atoms with E-state index in [1.165, 1.54) is 38.5 Å². The first kappa shape index (κ1) is 11.4. The molecule has 2 nitrogen and oxygen atoms in total. The van der Waals surface area contributed by atoms with Crippen LogP contribution >= 0.6 is 0 Å². The minimum Gasteiger partial charge on any atom is -0.390 e. The Hall–Kier alpha value is -0.0800. The van der Waals surface area contributed by atoms with Crippen LogP contribution in [0.2, 0.25) is 0 Å². The molecule has 0 aromatic carbocycles. The zero-order valence-electron chi connectivity index (χ0n) is 9.87. The van der Waals surface area contributed by atoms with Crippen LogP contribution in [0.25, 0.3) is 0 Å². The summed E-state index contributed by atoms with van der Waals surface area (Å²) in [5.41, 5.74) is -0.485. The lowest BCUT2D eigenvalue weighted by Gasteiger charge is -2.37. The second-order valence-electron chi connectivity index (χ2n) is 5.47. The number of hydrogen-bond acceptors (Lipinski definition) is 2. The fourth-order valence-corrected chi connectivity index (χ4v) is 3.19. The average molecular weight is 212 g/mol. The van der Waals surface area contributed by atoms with Crippen molar-refractivity contribution < 1.29 is 9.84 Å². The van der Waals surface area contributed by atoms with E-state index in [-0.39, 0.29) is 0 Å². The first-order valence-electron chi connectivity index (χ1n) is 6.51. The van der Waals surface area contributed by atoms with E-state index >= 15 is 0 Å². The largest absolute Gasteiger partial charge is 0.390 e. The molecule has 2 heteroatoms. The molecule has 2 atom stereocenters. The van der Waals surface area contributed by atoms with Crippen molar-refractivity contribution in [2.45, 2.75) is 57.5 Å². The molecule has 0 bridgehead atoms. The van der Waals surface area contributed by atoms with Crippen molar-refractivity contribution >= 4 is 0 Å². The van der Waals surface area contributed by atoms with Crippen molar-refractivity contribution in [1.29, 1.82) is 0 Å². The van der Waals surface area contributed by atoms with Crippen LogP contribution in [0.5, 0.6) is 0 Å². The van der Waals surface area contributed by atoms with Gasteiger partial charge in [0, 0.05) is 12.5 Å². The zero-order valence-corrected chi connectivity index (χ0v) is 9.87. The summed E-state index contributed by atoms with van der Waals surface area (Å²) in [4.78, 5) is 0. The monoisotopic (exact) mass is 212 g/mol. The minimum absolute atomic E-state index is 0.376. The maximum Gasteiger partial charge on any atom is 0.0698 e. The van der Waals surface area contributed by atoms with Gasteiger partial charge in [0.25, 0.3) is 0 Å². The van der Waals surface area contributed by atoms with Crippen molar-refractivity contribution in [2.24, 2.45) is 11.8 Å².